The van der Waals surface area contributed by atoms with Crippen molar-refractivity contribution in [2.75, 3.05) is 0 Å². The molecular weight excluding hydrogens is 160 g/mol. The second-order valence-corrected chi connectivity index (χ2v) is 3.13. The smallest absolute Gasteiger partial charge is 0.135 e. The van der Waals surface area contributed by atoms with Crippen molar-refractivity contribution in [3.05, 3.63) is 48.5 Å². The molecule has 2 heterocycles. The molecule has 0 amide bonds. The summed E-state index contributed by atoms with van der Waals surface area (Å²) < 4.78 is 5.47. The van der Waals surface area contributed by atoms with E-state index in [1.165, 1.54) is 11.1 Å². The van der Waals surface area contributed by atoms with E-state index in [2.05, 4.69) is 18.2 Å². The molecule has 0 atom stereocenters. The van der Waals surface area contributed by atoms with Crippen molar-refractivity contribution >= 4 is 11.2 Å². The summed E-state index contributed by atoms with van der Waals surface area (Å²) in [4.78, 5) is 0. The van der Waals surface area contributed by atoms with Crippen LogP contribution in [0, 0.1) is 0 Å². The maximum absolute atomic E-state index is 5.47. The van der Waals surface area contributed by atoms with E-state index in [1.54, 1.807) is 0 Å². The van der Waals surface area contributed by atoms with Crippen molar-refractivity contribution in [3.63, 3.8) is 0 Å². The second-order valence-electron chi connectivity index (χ2n) is 3.13. The predicted molar refractivity (Wildman–Crippen MR) is 52.8 cm³/mol. The average molecular weight is 168 g/mol. The van der Waals surface area contributed by atoms with Crippen molar-refractivity contribution in [3.8, 4) is 11.1 Å². The quantitative estimate of drug-likeness (QED) is 0.541. The van der Waals surface area contributed by atoms with E-state index in [-0.39, 0.29) is 0 Å². The third kappa shape index (κ3) is 0.937. The zero-order valence-corrected chi connectivity index (χ0v) is 7.03. The molecule has 0 aliphatic heterocycles. The van der Waals surface area contributed by atoms with Gasteiger partial charge in [-0.05, 0) is 23.8 Å². The Morgan fingerprint density at radius 1 is 0.846 bits per heavy atom. The van der Waals surface area contributed by atoms with Crippen LogP contribution in [0.2, 0.25) is 0 Å². The molecule has 3 aromatic rings. The molecule has 0 unspecified atom stereocenters. The van der Waals surface area contributed by atoms with Gasteiger partial charge in [0.05, 0.1) is 0 Å². The summed E-state index contributed by atoms with van der Waals surface area (Å²) in [6, 6.07) is 16.4. The molecule has 0 radical (unpaired) electrons. The van der Waals surface area contributed by atoms with Crippen LogP contribution in [0.4, 0.5) is 0 Å². The summed E-state index contributed by atoms with van der Waals surface area (Å²) in [6.45, 7) is 0. The fraction of sp³-hybridized carbons (Fsp3) is 0. The van der Waals surface area contributed by atoms with Crippen molar-refractivity contribution in [2.45, 2.75) is 0 Å². The molecule has 0 fully saturated rings. The number of fused-ring (bicyclic) bond motifs is 2. The second kappa shape index (κ2) is 2.36. The topological polar surface area (TPSA) is 13.1 Å². The molecule has 3 rings (SSSR count). The first-order valence-electron chi connectivity index (χ1n) is 4.31. The van der Waals surface area contributed by atoms with Gasteiger partial charge in [0, 0.05) is 5.56 Å². The van der Waals surface area contributed by atoms with Gasteiger partial charge in [-0.25, -0.2) is 0 Å². The van der Waals surface area contributed by atoms with Crippen LogP contribution in [0.15, 0.2) is 52.9 Å². The molecule has 13 heavy (non-hydrogen) atoms. The fourth-order valence-electron chi connectivity index (χ4n) is 1.63. The molecule has 2 bridgehead atoms. The van der Waals surface area contributed by atoms with E-state index < -0.39 is 0 Å². The first-order valence-corrected chi connectivity index (χ1v) is 4.31. The van der Waals surface area contributed by atoms with Gasteiger partial charge in [0.1, 0.15) is 11.2 Å². The highest BCUT2D eigenvalue weighted by atomic mass is 16.3. The van der Waals surface area contributed by atoms with E-state index >= 15 is 0 Å². The minimum Gasteiger partial charge on any atom is -0.457 e. The maximum atomic E-state index is 5.47. The maximum Gasteiger partial charge on any atom is 0.135 e. The highest BCUT2D eigenvalue weighted by Crippen LogP contribution is 2.30. The van der Waals surface area contributed by atoms with Crippen LogP contribution in [-0.4, -0.2) is 0 Å². The fourth-order valence-corrected chi connectivity index (χ4v) is 1.63. The third-order valence-electron chi connectivity index (χ3n) is 2.26. The molecule has 1 nitrogen and oxygen atoms in total. The summed E-state index contributed by atoms with van der Waals surface area (Å²) in [5, 5.41) is 0. The van der Waals surface area contributed by atoms with Crippen molar-refractivity contribution < 1.29 is 4.42 Å². The SMILES string of the molecule is c1ccc(-c2cc3ccc2o3)cc1. The van der Waals surface area contributed by atoms with Crippen LogP contribution in [0.5, 0.6) is 0 Å². The van der Waals surface area contributed by atoms with Gasteiger partial charge in [-0.3, -0.25) is 0 Å². The van der Waals surface area contributed by atoms with Crippen LogP contribution >= 0.6 is 0 Å². The van der Waals surface area contributed by atoms with Crippen LogP contribution in [0.3, 0.4) is 0 Å². The number of furan rings is 2. The molecule has 0 aliphatic rings. The number of hydrogen-bond donors (Lipinski definition) is 0. The Bertz CT molecular complexity index is 507. The summed E-state index contributed by atoms with van der Waals surface area (Å²) in [5.74, 6) is 0. The Labute approximate surface area is 75.9 Å². The predicted octanol–water partition coefficient (Wildman–Crippen LogP) is 3.54. The Morgan fingerprint density at radius 2 is 1.69 bits per heavy atom. The van der Waals surface area contributed by atoms with Crippen LogP contribution < -0.4 is 0 Å². The lowest BCUT2D eigenvalue weighted by atomic mass is 10.1. The van der Waals surface area contributed by atoms with Gasteiger partial charge in [0.15, 0.2) is 0 Å². The first-order chi connectivity index (χ1) is 6.43. The van der Waals surface area contributed by atoms with Crippen molar-refractivity contribution in [1.29, 1.82) is 0 Å². The lowest BCUT2D eigenvalue weighted by molar-refractivity contribution is 0.676. The van der Waals surface area contributed by atoms with Gasteiger partial charge < -0.3 is 4.42 Å². The van der Waals surface area contributed by atoms with Crippen LogP contribution in [-0.2, 0) is 0 Å². The van der Waals surface area contributed by atoms with E-state index in [0.29, 0.717) is 0 Å². The summed E-state index contributed by atoms with van der Waals surface area (Å²) in [7, 11) is 0. The molecule has 0 aliphatic carbocycles. The Hall–Kier alpha value is -1.76. The number of rotatable bonds is 1. The van der Waals surface area contributed by atoms with Crippen molar-refractivity contribution in [2.24, 2.45) is 0 Å². The normalized spacial score (nSPS) is 11.1. The molecule has 2 aromatic heterocycles. The molecule has 62 valence electrons. The molecule has 0 saturated carbocycles. The van der Waals surface area contributed by atoms with Gasteiger partial charge >= 0.3 is 0 Å². The largest absolute Gasteiger partial charge is 0.457 e. The van der Waals surface area contributed by atoms with Gasteiger partial charge in [-0.1, -0.05) is 30.3 Å². The molecule has 0 spiro atoms. The highest BCUT2D eigenvalue weighted by molar-refractivity contribution is 5.85. The summed E-state index contributed by atoms with van der Waals surface area (Å²) in [6.07, 6.45) is 0. The minimum absolute atomic E-state index is 0.953. The van der Waals surface area contributed by atoms with E-state index in [0.717, 1.165) is 11.2 Å². The summed E-state index contributed by atoms with van der Waals surface area (Å²) >= 11 is 0. The zero-order chi connectivity index (χ0) is 8.67. The molecule has 1 heteroatoms. The van der Waals surface area contributed by atoms with Gasteiger partial charge in [-0.15, -0.1) is 0 Å². The monoisotopic (exact) mass is 168 g/mol. The standard InChI is InChI=1S/C12H8O/c1-2-4-9(5-3-1)11-8-10-6-7-12(11)13-10/h1-8H. The number of benzene rings is 2. The summed E-state index contributed by atoms with van der Waals surface area (Å²) in [5.41, 5.74) is 4.34. The zero-order valence-electron chi connectivity index (χ0n) is 7.03. The van der Waals surface area contributed by atoms with Gasteiger partial charge in [0.2, 0.25) is 0 Å². The number of hydrogen-bond acceptors (Lipinski definition) is 1. The molecule has 1 aromatic carbocycles. The average Bonchev–Trinajstić information content (AvgIpc) is 2.80. The molecular formula is C12H8O. The molecule has 0 N–H and O–H groups in total. The molecule has 0 saturated heterocycles. The Morgan fingerprint density at radius 3 is 2.31 bits per heavy atom. The lowest BCUT2D eigenvalue weighted by Gasteiger charge is -1.95. The lowest BCUT2D eigenvalue weighted by Crippen LogP contribution is -1.72. The Kier molecular flexibility index (Phi) is 1.22. The highest BCUT2D eigenvalue weighted by Gasteiger charge is 2.07. The minimum atomic E-state index is 0.953. The van der Waals surface area contributed by atoms with E-state index in [9.17, 15) is 0 Å². The van der Waals surface area contributed by atoms with Gasteiger partial charge in [-0.2, -0.15) is 0 Å². The van der Waals surface area contributed by atoms with E-state index in [1.807, 2.05) is 30.3 Å². The van der Waals surface area contributed by atoms with Gasteiger partial charge in [0.25, 0.3) is 0 Å². The van der Waals surface area contributed by atoms with Crippen LogP contribution in [0.1, 0.15) is 0 Å². The third-order valence-corrected chi connectivity index (χ3v) is 2.26. The van der Waals surface area contributed by atoms with Crippen molar-refractivity contribution in [1.82, 2.24) is 0 Å². The van der Waals surface area contributed by atoms with Crippen LogP contribution in [0.25, 0.3) is 22.3 Å². The Balaban J connectivity index is 2.25. The van der Waals surface area contributed by atoms with E-state index in [4.69, 9.17) is 4.42 Å². The first kappa shape index (κ1) is 6.72.